The lowest BCUT2D eigenvalue weighted by Crippen LogP contribution is -2.40. The minimum absolute atomic E-state index is 0.00385. The third-order valence-corrected chi connectivity index (χ3v) is 6.88. The van der Waals surface area contributed by atoms with Crippen LogP contribution in [0.1, 0.15) is 66.6 Å². The van der Waals surface area contributed by atoms with E-state index in [2.05, 4.69) is 20.7 Å². The molecule has 4 rings (SSSR count). The van der Waals surface area contributed by atoms with Gasteiger partial charge in [0.25, 0.3) is 5.91 Å². The Balaban J connectivity index is 1.53. The van der Waals surface area contributed by atoms with Gasteiger partial charge in [0.2, 0.25) is 0 Å². The van der Waals surface area contributed by atoms with Crippen LogP contribution < -0.4 is 10.6 Å². The molecule has 2 unspecified atom stereocenters. The average molecular weight is 513 g/mol. The van der Waals surface area contributed by atoms with Crippen molar-refractivity contribution in [2.24, 2.45) is 0 Å². The van der Waals surface area contributed by atoms with Gasteiger partial charge in [0.1, 0.15) is 5.82 Å². The summed E-state index contributed by atoms with van der Waals surface area (Å²) in [5.74, 6) is -1.88. The summed E-state index contributed by atoms with van der Waals surface area (Å²) in [5.41, 5.74) is -0.966. The van der Waals surface area contributed by atoms with Crippen molar-refractivity contribution >= 4 is 5.91 Å². The van der Waals surface area contributed by atoms with E-state index < -0.39 is 29.6 Å². The monoisotopic (exact) mass is 512 g/mol. The quantitative estimate of drug-likeness (QED) is 0.364. The fraction of sp³-hybridized carbons (Fsp3) is 0.600. The number of carbonyl (C=O) groups is 1. The van der Waals surface area contributed by atoms with E-state index in [0.29, 0.717) is 31.0 Å². The number of likely N-dealkylation sites (tertiary alicyclic amines) is 1. The number of carbonyl (C=O) groups excluding carboxylic acids is 1. The Morgan fingerprint density at radius 3 is 2.64 bits per heavy atom. The third kappa shape index (κ3) is 6.63. The molecule has 2 heterocycles. The number of alkyl halides is 3. The lowest BCUT2D eigenvalue weighted by molar-refractivity contribution is -0.139. The molecule has 3 N–H and O–H groups in total. The highest BCUT2D eigenvalue weighted by atomic mass is 19.4. The molecule has 1 aliphatic heterocycles. The van der Waals surface area contributed by atoms with Crippen LogP contribution in [0.25, 0.3) is 11.3 Å². The molecule has 1 aromatic heterocycles. The molecule has 2 aliphatic rings. The van der Waals surface area contributed by atoms with Gasteiger partial charge in [0.05, 0.1) is 11.7 Å². The normalized spacial score (nSPS) is 21.5. The maximum atomic E-state index is 14.3. The van der Waals surface area contributed by atoms with Crippen LogP contribution in [0.3, 0.4) is 0 Å². The molecule has 11 heteroatoms. The number of halogens is 4. The Morgan fingerprint density at radius 1 is 1.17 bits per heavy atom. The molecule has 2 atom stereocenters. The highest BCUT2D eigenvalue weighted by Crippen LogP contribution is 2.35. The van der Waals surface area contributed by atoms with Crippen LogP contribution in [-0.4, -0.2) is 59.4 Å². The Bertz CT molecular complexity index is 1040. The van der Waals surface area contributed by atoms with Crippen molar-refractivity contribution in [3.05, 3.63) is 40.8 Å². The van der Waals surface area contributed by atoms with Crippen LogP contribution in [0, 0.1) is 5.82 Å². The number of aliphatic hydroxyl groups excluding tert-OH is 1. The fourth-order valence-electron chi connectivity index (χ4n) is 4.95. The molecule has 2 fully saturated rings. The Hall–Kier alpha value is -2.50. The summed E-state index contributed by atoms with van der Waals surface area (Å²) in [4.78, 5) is 15.4. The van der Waals surface area contributed by atoms with Gasteiger partial charge < -0.3 is 25.2 Å². The molecule has 1 amide bonds. The summed E-state index contributed by atoms with van der Waals surface area (Å²) in [5, 5.41) is 20.0. The van der Waals surface area contributed by atoms with Gasteiger partial charge in [-0.15, -0.1) is 0 Å². The molecule has 0 spiro atoms. The first-order valence-corrected chi connectivity index (χ1v) is 12.5. The second-order valence-electron chi connectivity index (χ2n) is 9.60. The van der Waals surface area contributed by atoms with Crippen LogP contribution in [0.2, 0.25) is 0 Å². The highest BCUT2D eigenvalue weighted by molar-refractivity contribution is 5.95. The van der Waals surface area contributed by atoms with Crippen molar-refractivity contribution in [3.63, 3.8) is 0 Å². The van der Waals surface area contributed by atoms with E-state index in [0.717, 1.165) is 57.5 Å². The molecule has 1 saturated carbocycles. The topological polar surface area (TPSA) is 90.6 Å². The van der Waals surface area contributed by atoms with Crippen LogP contribution in [0.4, 0.5) is 17.6 Å². The zero-order valence-corrected chi connectivity index (χ0v) is 20.0. The number of nitrogens with zero attached hydrogens (tertiary/aromatic N) is 2. The molecule has 0 bridgehead atoms. The van der Waals surface area contributed by atoms with Crippen LogP contribution in [-0.2, 0) is 12.7 Å². The first kappa shape index (κ1) is 26.6. The largest absolute Gasteiger partial charge is 0.419 e. The number of nitrogens with one attached hydrogen (secondary N) is 2. The van der Waals surface area contributed by atoms with Crippen molar-refractivity contribution in [2.45, 2.75) is 69.8 Å². The second kappa shape index (κ2) is 11.7. The zero-order chi connectivity index (χ0) is 25.7. The van der Waals surface area contributed by atoms with Crippen molar-refractivity contribution in [1.29, 1.82) is 0 Å². The predicted octanol–water partition coefficient (Wildman–Crippen LogP) is 4.11. The summed E-state index contributed by atoms with van der Waals surface area (Å²) in [6, 6.07) is 2.30. The summed E-state index contributed by atoms with van der Waals surface area (Å²) >= 11 is 0. The van der Waals surface area contributed by atoms with E-state index in [-0.39, 0.29) is 29.6 Å². The average Bonchev–Trinajstić information content (AvgIpc) is 3.26. The van der Waals surface area contributed by atoms with Crippen molar-refractivity contribution in [2.75, 3.05) is 26.2 Å². The third-order valence-electron chi connectivity index (χ3n) is 6.88. The van der Waals surface area contributed by atoms with Gasteiger partial charge in [-0.05, 0) is 63.7 Å². The smallest absolute Gasteiger partial charge is 0.393 e. The molecule has 1 aromatic carbocycles. The molecule has 7 nitrogen and oxygen atoms in total. The van der Waals surface area contributed by atoms with Gasteiger partial charge in [-0.1, -0.05) is 17.6 Å². The van der Waals surface area contributed by atoms with Gasteiger partial charge in [-0.25, -0.2) is 4.39 Å². The number of aromatic nitrogens is 1. The van der Waals surface area contributed by atoms with Gasteiger partial charge in [-0.2, -0.15) is 13.2 Å². The van der Waals surface area contributed by atoms with E-state index in [1.165, 1.54) is 6.42 Å². The number of hydrogen-bond donors (Lipinski definition) is 3. The Labute approximate surface area is 207 Å². The number of amides is 1. The molecular formula is C25H32F4N4O3. The zero-order valence-electron chi connectivity index (χ0n) is 20.0. The summed E-state index contributed by atoms with van der Waals surface area (Å²) in [7, 11) is 0. The van der Waals surface area contributed by atoms with Gasteiger partial charge >= 0.3 is 6.18 Å². The van der Waals surface area contributed by atoms with E-state index in [4.69, 9.17) is 4.52 Å². The maximum absolute atomic E-state index is 14.3. The van der Waals surface area contributed by atoms with Gasteiger partial charge in [-0.3, -0.25) is 4.79 Å². The standard InChI is InChI=1S/C25H32F4N4O3/c26-21-13-16(7-8-20(21)25(27,28)29)23-19(15-30-9-12-33-10-2-1-3-11-33)22(32-36-23)24(35)31-17-5-4-6-18(34)14-17/h7-8,13,17-18,30,34H,1-6,9-12,14-15H2,(H,31,35). The van der Waals surface area contributed by atoms with E-state index >= 15 is 0 Å². The lowest BCUT2D eigenvalue weighted by Gasteiger charge is -2.26. The minimum Gasteiger partial charge on any atom is -0.393 e. The van der Waals surface area contributed by atoms with Crippen LogP contribution in [0.5, 0.6) is 0 Å². The molecule has 1 saturated heterocycles. The summed E-state index contributed by atoms with van der Waals surface area (Å²) in [6.07, 6.45) is 0.878. The SMILES string of the molecule is O=C(NC1CCCC(O)C1)c1noc(-c2ccc(C(F)(F)F)c(F)c2)c1CNCCN1CCCCC1. The van der Waals surface area contributed by atoms with Crippen molar-refractivity contribution < 1.29 is 32.0 Å². The first-order valence-electron chi connectivity index (χ1n) is 12.5. The maximum Gasteiger partial charge on any atom is 0.419 e. The minimum atomic E-state index is -4.82. The van der Waals surface area contributed by atoms with Gasteiger partial charge in [0.15, 0.2) is 11.5 Å². The first-order chi connectivity index (χ1) is 17.2. The number of benzene rings is 1. The molecular weight excluding hydrogens is 480 g/mol. The number of piperidine rings is 1. The fourth-order valence-corrected chi connectivity index (χ4v) is 4.95. The second-order valence-corrected chi connectivity index (χ2v) is 9.60. The Morgan fingerprint density at radius 2 is 1.94 bits per heavy atom. The summed E-state index contributed by atoms with van der Waals surface area (Å²) in [6.45, 7) is 3.68. The van der Waals surface area contributed by atoms with Crippen molar-refractivity contribution in [1.82, 2.24) is 20.7 Å². The molecule has 36 heavy (non-hydrogen) atoms. The van der Waals surface area contributed by atoms with Crippen LogP contribution in [0.15, 0.2) is 22.7 Å². The van der Waals surface area contributed by atoms with Crippen LogP contribution >= 0.6 is 0 Å². The highest BCUT2D eigenvalue weighted by Gasteiger charge is 2.35. The van der Waals surface area contributed by atoms with E-state index in [1.54, 1.807) is 0 Å². The molecule has 0 radical (unpaired) electrons. The molecule has 2 aromatic rings. The number of hydrogen-bond acceptors (Lipinski definition) is 6. The van der Waals surface area contributed by atoms with Crippen molar-refractivity contribution in [3.8, 4) is 11.3 Å². The number of rotatable bonds is 8. The number of aliphatic hydroxyl groups is 1. The molecule has 1 aliphatic carbocycles. The Kier molecular flexibility index (Phi) is 8.63. The predicted molar refractivity (Wildman–Crippen MR) is 125 cm³/mol. The molecule has 198 valence electrons. The lowest BCUT2D eigenvalue weighted by atomic mass is 9.93. The van der Waals surface area contributed by atoms with E-state index in [1.807, 2.05) is 0 Å². The van der Waals surface area contributed by atoms with Gasteiger partial charge in [0, 0.05) is 36.8 Å². The van der Waals surface area contributed by atoms with E-state index in [9.17, 15) is 27.5 Å². The summed E-state index contributed by atoms with van der Waals surface area (Å²) < 4.78 is 58.7.